The first kappa shape index (κ1) is 15.9. The standard InChI is InChI=1S/C17H23N5O/c1-11(18)19-8-14-15-16(12-6-4-5-7-13(12)21-14)22(10-20-15)9-17(2,3)23/h4-7,10-11,19,23H,8-9,18H2,1-3H3. The Kier molecular flexibility index (Phi) is 4.06. The summed E-state index contributed by atoms with van der Waals surface area (Å²) in [5, 5.41) is 14.4. The first-order valence-corrected chi connectivity index (χ1v) is 7.79. The lowest BCUT2D eigenvalue weighted by atomic mass is 10.1. The SMILES string of the molecule is CC(N)NCc1nc2ccccc2c2c1ncn2CC(C)(C)O. The summed E-state index contributed by atoms with van der Waals surface area (Å²) in [6.45, 7) is 6.50. The largest absolute Gasteiger partial charge is 0.389 e. The summed E-state index contributed by atoms with van der Waals surface area (Å²) in [6.07, 6.45) is 1.66. The minimum absolute atomic E-state index is 0.114. The van der Waals surface area contributed by atoms with Crippen molar-refractivity contribution in [1.82, 2.24) is 19.9 Å². The molecule has 0 amide bonds. The van der Waals surface area contributed by atoms with E-state index in [0.717, 1.165) is 27.6 Å². The number of aliphatic hydroxyl groups is 1. The highest BCUT2D eigenvalue weighted by Crippen LogP contribution is 2.26. The summed E-state index contributed by atoms with van der Waals surface area (Å²) in [5.41, 5.74) is 8.60. The average molecular weight is 313 g/mol. The van der Waals surface area contributed by atoms with Crippen molar-refractivity contribution in [2.24, 2.45) is 5.73 Å². The molecule has 23 heavy (non-hydrogen) atoms. The van der Waals surface area contributed by atoms with Gasteiger partial charge < -0.3 is 15.4 Å². The summed E-state index contributed by atoms with van der Waals surface area (Å²) >= 11 is 0. The molecule has 0 bridgehead atoms. The van der Waals surface area contributed by atoms with Crippen LogP contribution in [-0.2, 0) is 13.1 Å². The van der Waals surface area contributed by atoms with Crippen molar-refractivity contribution in [2.75, 3.05) is 0 Å². The van der Waals surface area contributed by atoms with Crippen LogP contribution in [0.3, 0.4) is 0 Å². The van der Waals surface area contributed by atoms with Crippen LogP contribution in [0.15, 0.2) is 30.6 Å². The molecule has 3 rings (SSSR count). The Hall–Kier alpha value is -2.02. The lowest BCUT2D eigenvalue weighted by Crippen LogP contribution is -2.33. The molecule has 4 N–H and O–H groups in total. The maximum Gasteiger partial charge on any atom is 0.112 e. The predicted molar refractivity (Wildman–Crippen MR) is 91.8 cm³/mol. The molecule has 2 aromatic heterocycles. The molecule has 0 fully saturated rings. The smallest absolute Gasteiger partial charge is 0.112 e. The Morgan fingerprint density at radius 2 is 2.09 bits per heavy atom. The molecular weight excluding hydrogens is 290 g/mol. The van der Waals surface area contributed by atoms with Crippen LogP contribution in [0, 0.1) is 0 Å². The van der Waals surface area contributed by atoms with Gasteiger partial charge in [-0.2, -0.15) is 0 Å². The van der Waals surface area contributed by atoms with Gasteiger partial charge in [0, 0.05) is 11.9 Å². The Balaban J connectivity index is 2.20. The van der Waals surface area contributed by atoms with E-state index in [9.17, 15) is 5.11 Å². The van der Waals surface area contributed by atoms with Crippen LogP contribution in [0.25, 0.3) is 21.9 Å². The van der Waals surface area contributed by atoms with Gasteiger partial charge in [0.25, 0.3) is 0 Å². The van der Waals surface area contributed by atoms with E-state index >= 15 is 0 Å². The van der Waals surface area contributed by atoms with Gasteiger partial charge >= 0.3 is 0 Å². The Morgan fingerprint density at radius 3 is 2.78 bits per heavy atom. The molecule has 0 saturated heterocycles. The third-order valence-electron chi connectivity index (χ3n) is 3.67. The lowest BCUT2D eigenvalue weighted by molar-refractivity contribution is 0.0627. The van der Waals surface area contributed by atoms with Gasteiger partial charge in [-0.3, -0.25) is 5.32 Å². The van der Waals surface area contributed by atoms with Gasteiger partial charge in [-0.05, 0) is 26.8 Å². The third-order valence-corrected chi connectivity index (χ3v) is 3.67. The molecule has 3 aromatic rings. The van der Waals surface area contributed by atoms with E-state index < -0.39 is 5.60 Å². The maximum atomic E-state index is 10.2. The van der Waals surface area contributed by atoms with E-state index in [1.54, 1.807) is 20.2 Å². The number of fused-ring (bicyclic) bond motifs is 3. The van der Waals surface area contributed by atoms with Crippen LogP contribution in [0.4, 0.5) is 0 Å². The monoisotopic (exact) mass is 313 g/mol. The summed E-state index contributed by atoms with van der Waals surface area (Å²) in [4.78, 5) is 9.27. The fourth-order valence-electron chi connectivity index (χ4n) is 2.76. The van der Waals surface area contributed by atoms with E-state index in [1.165, 1.54) is 0 Å². The number of nitrogens with one attached hydrogen (secondary N) is 1. The summed E-state index contributed by atoms with van der Waals surface area (Å²) in [7, 11) is 0. The zero-order valence-corrected chi connectivity index (χ0v) is 13.7. The molecule has 1 atom stereocenters. The molecule has 0 spiro atoms. The number of rotatable bonds is 5. The van der Waals surface area contributed by atoms with Crippen molar-refractivity contribution >= 4 is 21.9 Å². The summed E-state index contributed by atoms with van der Waals surface area (Å²) in [5.74, 6) is 0. The second-order valence-electron chi connectivity index (χ2n) is 6.63. The van der Waals surface area contributed by atoms with Gasteiger partial charge in [0.1, 0.15) is 5.52 Å². The van der Waals surface area contributed by atoms with Crippen molar-refractivity contribution in [3.05, 3.63) is 36.3 Å². The lowest BCUT2D eigenvalue weighted by Gasteiger charge is -2.19. The topological polar surface area (TPSA) is 89.0 Å². The number of nitrogens with two attached hydrogens (primary N) is 1. The highest BCUT2D eigenvalue weighted by molar-refractivity contribution is 6.03. The minimum Gasteiger partial charge on any atom is -0.389 e. The zero-order valence-electron chi connectivity index (χ0n) is 13.7. The number of para-hydroxylation sites is 1. The van der Waals surface area contributed by atoms with Crippen LogP contribution in [0.1, 0.15) is 26.5 Å². The molecule has 2 heterocycles. The van der Waals surface area contributed by atoms with Gasteiger partial charge in [0.15, 0.2) is 0 Å². The molecule has 122 valence electrons. The van der Waals surface area contributed by atoms with Gasteiger partial charge in [-0.15, -0.1) is 0 Å². The third kappa shape index (κ3) is 3.34. The number of hydrogen-bond acceptors (Lipinski definition) is 5. The van der Waals surface area contributed by atoms with Gasteiger partial charge in [-0.1, -0.05) is 18.2 Å². The van der Waals surface area contributed by atoms with E-state index in [0.29, 0.717) is 13.1 Å². The van der Waals surface area contributed by atoms with Crippen molar-refractivity contribution in [3.63, 3.8) is 0 Å². The Morgan fingerprint density at radius 1 is 1.35 bits per heavy atom. The van der Waals surface area contributed by atoms with Crippen LogP contribution < -0.4 is 11.1 Å². The molecule has 0 aliphatic heterocycles. The van der Waals surface area contributed by atoms with Crippen molar-refractivity contribution in [3.8, 4) is 0 Å². The second-order valence-corrected chi connectivity index (χ2v) is 6.63. The molecule has 0 aliphatic carbocycles. The van der Waals surface area contributed by atoms with Gasteiger partial charge in [-0.25, -0.2) is 9.97 Å². The number of hydrogen-bond donors (Lipinski definition) is 3. The number of pyridine rings is 1. The van der Waals surface area contributed by atoms with Crippen LogP contribution in [0.5, 0.6) is 0 Å². The van der Waals surface area contributed by atoms with Crippen molar-refractivity contribution in [2.45, 2.75) is 45.6 Å². The first-order chi connectivity index (χ1) is 10.8. The summed E-state index contributed by atoms with van der Waals surface area (Å²) < 4.78 is 1.99. The van der Waals surface area contributed by atoms with Crippen molar-refractivity contribution in [1.29, 1.82) is 0 Å². The number of aromatic nitrogens is 3. The average Bonchev–Trinajstić information content (AvgIpc) is 2.87. The zero-order chi connectivity index (χ0) is 16.6. The Bertz CT molecular complexity index is 832. The number of nitrogens with zero attached hydrogens (tertiary/aromatic N) is 3. The number of imidazole rings is 1. The predicted octanol–water partition coefficient (Wildman–Crippen LogP) is 1.75. The second kappa shape index (κ2) is 5.88. The van der Waals surface area contributed by atoms with E-state index in [2.05, 4.69) is 10.3 Å². The molecule has 0 radical (unpaired) electrons. The summed E-state index contributed by atoms with van der Waals surface area (Å²) in [6, 6.07) is 7.99. The number of benzene rings is 1. The molecule has 0 aliphatic rings. The highest BCUT2D eigenvalue weighted by atomic mass is 16.3. The van der Waals surface area contributed by atoms with E-state index in [4.69, 9.17) is 10.7 Å². The fraction of sp³-hybridized carbons (Fsp3) is 0.412. The molecule has 1 aromatic carbocycles. The highest BCUT2D eigenvalue weighted by Gasteiger charge is 2.19. The molecule has 6 nitrogen and oxygen atoms in total. The Labute approximate surface area is 135 Å². The molecule has 1 unspecified atom stereocenters. The van der Waals surface area contributed by atoms with Crippen LogP contribution >= 0.6 is 0 Å². The van der Waals surface area contributed by atoms with Crippen molar-refractivity contribution < 1.29 is 5.11 Å². The molecular formula is C17H23N5O. The normalized spacial score (nSPS) is 13.8. The van der Waals surface area contributed by atoms with Gasteiger partial charge in [0.05, 0.1) is 41.4 Å². The van der Waals surface area contributed by atoms with Crippen LogP contribution in [-0.4, -0.2) is 31.4 Å². The van der Waals surface area contributed by atoms with Crippen LogP contribution in [0.2, 0.25) is 0 Å². The minimum atomic E-state index is -0.817. The van der Waals surface area contributed by atoms with Gasteiger partial charge in [0.2, 0.25) is 0 Å². The van der Waals surface area contributed by atoms with E-state index in [1.807, 2.05) is 35.8 Å². The quantitative estimate of drug-likeness (QED) is 0.625. The first-order valence-electron chi connectivity index (χ1n) is 7.79. The molecule has 6 heteroatoms. The van der Waals surface area contributed by atoms with E-state index in [-0.39, 0.29) is 6.17 Å². The molecule has 0 saturated carbocycles. The fourth-order valence-corrected chi connectivity index (χ4v) is 2.76. The maximum absolute atomic E-state index is 10.2.